The van der Waals surface area contributed by atoms with Crippen molar-refractivity contribution in [3.8, 4) is 17.1 Å². The third-order valence-electron chi connectivity index (χ3n) is 2.88. The van der Waals surface area contributed by atoms with Crippen LogP contribution in [0.5, 0.6) is 5.88 Å². The monoisotopic (exact) mass is 277 g/mol. The second-order valence-electron chi connectivity index (χ2n) is 4.42. The van der Waals surface area contributed by atoms with Crippen LogP contribution in [0.1, 0.15) is 39.0 Å². The van der Waals surface area contributed by atoms with Gasteiger partial charge in [0.2, 0.25) is 0 Å². The Hall–Kier alpha value is -1.49. The van der Waals surface area contributed by atoms with E-state index in [2.05, 4.69) is 20.7 Å². The van der Waals surface area contributed by atoms with Crippen LogP contribution in [0.4, 0.5) is 0 Å². The van der Waals surface area contributed by atoms with E-state index < -0.39 is 0 Å². The second kappa shape index (κ2) is 7.84. The van der Waals surface area contributed by atoms with Gasteiger partial charge in [0.1, 0.15) is 5.69 Å². The van der Waals surface area contributed by atoms with Crippen molar-refractivity contribution in [1.82, 2.24) is 13.7 Å². The van der Waals surface area contributed by atoms with Crippen LogP contribution in [0.3, 0.4) is 0 Å². The summed E-state index contributed by atoms with van der Waals surface area (Å²) in [4.78, 5) is 4.09. The van der Waals surface area contributed by atoms with Gasteiger partial charge in [-0.2, -0.15) is 4.37 Å². The lowest BCUT2D eigenvalue weighted by Gasteiger charge is -2.04. The molecule has 0 saturated carbocycles. The number of hydrogen-bond donors (Lipinski definition) is 0. The van der Waals surface area contributed by atoms with Crippen LogP contribution >= 0.6 is 11.7 Å². The topological polar surface area (TPSA) is 47.9 Å². The van der Waals surface area contributed by atoms with Gasteiger partial charge in [-0.05, 0) is 18.6 Å². The first-order chi connectivity index (χ1) is 9.42. The molecule has 0 N–H and O–H groups in total. The quantitative estimate of drug-likeness (QED) is 0.685. The maximum atomic E-state index is 5.72. The summed E-state index contributed by atoms with van der Waals surface area (Å²) in [5, 5.41) is 0. The molecule has 19 heavy (non-hydrogen) atoms. The number of unbranched alkanes of at least 4 members (excludes halogenated alkanes) is 4. The first-order valence-electron chi connectivity index (χ1n) is 6.77. The fourth-order valence-electron chi connectivity index (χ4n) is 1.83. The van der Waals surface area contributed by atoms with Crippen molar-refractivity contribution in [2.75, 3.05) is 6.61 Å². The van der Waals surface area contributed by atoms with Crippen molar-refractivity contribution in [2.45, 2.75) is 39.0 Å². The molecule has 2 aromatic rings. The molecule has 5 heteroatoms. The molecule has 0 bridgehead atoms. The Balaban J connectivity index is 1.83. The first-order valence-corrected chi connectivity index (χ1v) is 7.50. The minimum absolute atomic E-state index is 0.633. The molecule has 0 unspecified atom stereocenters. The van der Waals surface area contributed by atoms with Gasteiger partial charge in [-0.3, -0.25) is 4.98 Å². The van der Waals surface area contributed by atoms with E-state index in [4.69, 9.17) is 4.74 Å². The Morgan fingerprint density at radius 1 is 1.16 bits per heavy atom. The summed E-state index contributed by atoms with van der Waals surface area (Å²) >= 11 is 1.18. The summed E-state index contributed by atoms with van der Waals surface area (Å²) in [7, 11) is 0. The van der Waals surface area contributed by atoms with Crippen molar-refractivity contribution < 1.29 is 4.74 Å². The molecule has 0 fully saturated rings. The van der Waals surface area contributed by atoms with Gasteiger partial charge in [0.05, 0.1) is 18.3 Å². The number of ether oxygens (including phenoxy) is 1. The highest BCUT2D eigenvalue weighted by Crippen LogP contribution is 2.26. The van der Waals surface area contributed by atoms with Crippen molar-refractivity contribution in [3.05, 3.63) is 24.5 Å². The minimum atomic E-state index is 0.633. The van der Waals surface area contributed by atoms with Gasteiger partial charge < -0.3 is 4.74 Å². The molecule has 2 heterocycles. The SMILES string of the molecule is CCCCCCCOc1nsnc1-c1cccnc1. The fraction of sp³-hybridized carbons (Fsp3) is 0.500. The molecule has 0 aliphatic carbocycles. The average molecular weight is 277 g/mol. The van der Waals surface area contributed by atoms with Crippen molar-refractivity contribution >= 4 is 11.7 Å². The number of hydrogen-bond acceptors (Lipinski definition) is 5. The van der Waals surface area contributed by atoms with Gasteiger partial charge in [-0.15, -0.1) is 4.37 Å². The van der Waals surface area contributed by atoms with Crippen LogP contribution in [-0.4, -0.2) is 20.3 Å². The standard InChI is InChI=1S/C14H19N3OS/c1-2-3-4-5-6-10-18-14-13(16-19-17-14)12-8-7-9-15-11-12/h7-9,11H,2-6,10H2,1H3. The molecule has 0 aromatic carbocycles. The molecule has 0 saturated heterocycles. The Kier molecular flexibility index (Phi) is 5.75. The van der Waals surface area contributed by atoms with E-state index in [1.807, 2.05) is 12.1 Å². The van der Waals surface area contributed by atoms with Gasteiger partial charge in [0.25, 0.3) is 5.88 Å². The zero-order valence-corrected chi connectivity index (χ0v) is 12.0. The minimum Gasteiger partial charge on any atom is -0.475 e. The highest BCUT2D eigenvalue weighted by Gasteiger charge is 2.11. The zero-order chi connectivity index (χ0) is 13.3. The lowest BCUT2D eigenvalue weighted by atomic mass is 10.2. The molecule has 0 atom stereocenters. The number of rotatable bonds is 8. The van der Waals surface area contributed by atoms with Crippen molar-refractivity contribution in [2.24, 2.45) is 0 Å². The summed E-state index contributed by atoms with van der Waals surface area (Å²) in [6, 6.07) is 3.86. The highest BCUT2D eigenvalue weighted by atomic mass is 32.1. The second-order valence-corrected chi connectivity index (χ2v) is 4.95. The molecular formula is C14H19N3OS. The molecule has 0 spiro atoms. The maximum Gasteiger partial charge on any atom is 0.254 e. The van der Waals surface area contributed by atoms with Crippen molar-refractivity contribution in [1.29, 1.82) is 0 Å². The molecular weight excluding hydrogens is 258 g/mol. The molecule has 2 rings (SSSR count). The van der Waals surface area contributed by atoms with E-state index in [9.17, 15) is 0 Å². The van der Waals surface area contributed by atoms with Gasteiger partial charge in [-0.1, -0.05) is 32.6 Å². The van der Waals surface area contributed by atoms with Crippen LogP contribution in [0.25, 0.3) is 11.3 Å². The lowest BCUT2D eigenvalue weighted by molar-refractivity contribution is 0.297. The van der Waals surface area contributed by atoms with Gasteiger partial charge in [0.15, 0.2) is 0 Å². The van der Waals surface area contributed by atoms with Gasteiger partial charge >= 0.3 is 0 Å². The third-order valence-corrected chi connectivity index (χ3v) is 3.39. The van der Waals surface area contributed by atoms with E-state index in [1.54, 1.807) is 12.4 Å². The van der Waals surface area contributed by atoms with E-state index in [0.29, 0.717) is 12.5 Å². The largest absolute Gasteiger partial charge is 0.475 e. The molecule has 0 aliphatic heterocycles. The van der Waals surface area contributed by atoms with E-state index >= 15 is 0 Å². The number of pyridine rings is 1. The molecule has 102 valence electrons. The molecule has 0 amide bonds. The van der Waals surface area contributed by atoms with Crippen LogP contribution in [0.2, 0.25) is 0 Å². The van der Waals surface area contributed by atoms with Gasteiger partial charge in [-0.25, -0.2) is 0 Å². The molecule has 2 aromatic heterocycles. The Labute approximate surface area is 118 Å². The van der Waals surface area contributed by atoms with E-state index in [-0.39, 0.29) is 0 Å². The van der Waals surface area contributed by atoms with E-state index in [0.717, 1.165) is 17.7 Å². The van der Waals surface area contributed by atoms with Crippen LogP contribution in [0, 0.1) is 0 Å². The van der Waals surface area contributed by atoms with Crippen LogP contribution in [-0.2, 0) is 0 Å². The zero-order valence-electron chi connectivity index (χ0n) is 11.2. The summed E-state index contributed by atoms with van der Waals surface area (Å²) in [6.07, 6.45) is 9.67. The molecule has 0 radical (unpaired) electrons. The predicted molar refractivity (Wildman–Crippen MR) is 77.4 cm³/mol. The van der Waals surface area contributed by atoms with Crippen molar-refractivity contribution in [3.63, 3.8) is 0 Å². The molecule has 4 nitrogen and oxygen atoms in total. The third kappa shape index (κ3) is 4.28. The maximum absolute atomic E-state index is 5.72. The molecule has 0 aliphatic rings. The summed E-state index contributed by atoms with van der Waals surface area (Å²) in [5.41, 5.74) is 1.75. The average Bonchev–Trinajstić information content (AvgIpc) is 2.92. The summed E-state index contributed by atoms with van der Waals surface area (Å²) in [5.74, 6) is 0.633. The highest BCUT2D eigenvalue weighted by molar-refractivity contribution is 6.99. The number of nitrogens with zero attached hydrogens (tertiary/aromatic N) is 3. The van der Waals surface area contributed by atoms with Crippen LogP contribution in [0.15, 0.2) is 24.5 Å². The normalized spacial score (nSPS) is 10.6. The Morgan fingerprint density at radius 3 is 2.84 bits per heavy atom. The lowest BCUT2D eigenvalue weighted by Crippen LogP contribution is -1.98. The van der Waals surface area contributed by atoms with Crippen LogP contribution < -0.4 is 4.74 Å². The first kappa shape index (κ1) is 13.9. The summed E-state index contributed by atoms with van der Waals surface area (Å²) < 4.78 is 14.2. The Morgan fingerprint density at radius 2 is 2.05 bits per heavy atom. The number of aromatic nitrogens is 3. The Bertz CT molecular complexity index is 473. The smallest absolute Gasteiger partial charge is 0.254 e. The van der Waals surface area contributed by atoms with Gasteiger partial charge in [0, 0.05) is 18.0 Å². The van der Waals surface area contributed by atoms with E-state index in [1.165, 1.54) is 37.4 Å². The fourth-order valence-corrected chi connectivity index (χ4v) is 2.35. The summed E-state index contributed by atoms with van der Waals surface area (Å²) in [6.45, 7) is 2.93. The predicted octanol–water partition coefficient (Wildman–Crippen LogP) is 3.95.